The van der Waals surface area contributed by atoms with E-state index in [2.05, 4.69) is 23.5 Å². The van der Waals surface area contributed by atoms with Crippen molar-refractivity contribution in [2.75, 3.05) is 6.61 Å². The molecule has 2 aromatic carbocycles. The van der Waals surface area contributed by atoms with Crippen LogP contribution in [0.4, 0.5) is 4.39 Å². The Morgan fingerprint density at radius 1 is 1.07 bits per heavy atom. The number of halogens is 1. The molecule has 4 nitrogen and oxygen atoms in total. The van der Waals surface area contributed by atoms with Gasteiger partial charge in [0.1, 0.15) is 5.82 Å². The average molecular weight is 369 g/mol. The van der Waals surface area contributed by atoms with Gasteiger partial charge in [0.25, 0.3) is 5.91 Å². The van der Waals surface area contributed by atoms with Gasteiger partial charge in [0.15, 0.2) is 6.61 Å². The van der Waals surface area contributed by atoms with Crippen LogP contribution >= 0.6 is 0 Å². The van der Waals surface area contributed by atoms with E-state index < -0.39 is 5.97 Å². The van der Waals surface area contributed by atoms with Crippen LogP contribution in [0.25, 0.3) is 0 Å². The summed E-state index contributed by atoms with van der Waals surface area (Å²) in [5, 5.41) is 2.86. The Bertz CT molecular complexity index is 817. The van der Waals surface area contributed by atoms with E-state index in [-0.39, 0.29) is 30.8 Å². The van der Waals surface area contributed by atoms with Crippen LogP contribution in [-0.4, -0.2) is 18.5 Å². The third-order valence-corrected chi connectivity index (χ3v) is 4.88. The number of hydrogen-bond acceptors (Lipinski definition) is 3. The number of amides is 1. The first-order valence-electron chi connectivity index (χ1n) is 9.32. The van der Waals surface area contributed by atoms with Crippen LogP contribution in [0.1, 0.15) is 48.1 Å². The average Bonchev–Trinajstić information content (AvgIpc) is 2.68. The molecule has 0 unspecified atom stereocenters. The van der Waals surface area contributed by atoms with Crippen molar-refractivity contribution in [2.45, 2.75) is 45.1 Å². The van der Waals surface area contributed by atoms with Crippen LogP contribution in [0.5, 0.6) is 0 Å². The first-order chi connectivity index (χ1) is 13.0. The minimum atomic E-state index is -0.516. The van der Waals surface area contributed by atoms with Crippen molar-refractivity contribution in [1.82, 2.24) is 5.32 Å². The molecule has 0 aliphatic heterocycles. The minimum Gasteiger partial charge on any atom is -0.455 e. The zero-order chi connectivity index (χ0) is 19.2. The molecule has 1 aliphatic carbocycles. The molecule has 1 atom stereocenters. The molecule has 0 heterocycles. The van der Waals surface area contributed by atoms with Crippen molar-refractivity contribution in [3.63, 3.8) is 0 Å². The summed E-state index contributed by atoms with van der Waals surface area (Å²) >= 11 is 0. The molecule has 1 amide bonds. The van der Waals surface area contributed by atoms with Gasteiger partial charge in [-0.1, -0.05) is 30.3 Å². The van der Waals surface area contributed by atoms with Gasteiger partial charge in [-0.05, 0) is 67.0 Å². The van der Waals surface area contributed by atoms with Crippen molar-refractivity contribution in [2.24, 2.45) is 0 Å². The summed E-state index contributed by atoms with van der Waals surface area (Å²) in [5.41, 5.74) is 4.47. The Labute approximate surface area is 158 Å². The molecule has 1 N–H and O–H groups in total. The lowest BCUT2D eigenvalue weighted by Gasteiger charge is -2.20. The maximum absolute atomic E-state index is 12.9. The standard InChI is InChI=1S/C22H24FNO3/c1-15(18-9-8-17-4-2-3-5-19(17)13-18)24-21(25)14-27-22(26)12-16-6-10-20(23)11-7-16/h6-11,13,15H,2-5,12,14H2,1H3,(H,24,25)/t15-/m0/s1. The van der Waals surface area contributed by atoms with Gasteiger partial charge >= 0.3 is 5.97 Å². The van der Waals surface area contributed by atoms with Crippen molar-refractivity contribution in [3.05, 3.63) is 70.5 Å². The fraction of sp³-hybridized carbons (Fsp3) is 0.364. The Hall–Kier alpha value is -2.69. The fourth-order valence-electron chi connectivity index (χ4n) is 3.36. The molecule has 2 aromatic rings. The lowest BCUT2D eigenvalue weighted by Crippen LogP contribution is -2.31. The topological polar surface area (TPSA) is 55.4 Å². The van der Waals surface area contributed by atoms with E-state index in [0.29, 0.717) is 5.56 Å². The number of hydrogen-bond donors (Lipinski definition) is 1. The highest BCUT2D eigenvalue weighted by Crippen LogP contribution is 2.24. The Kier molecular flexibility index (Phi) is 6.22. The highest BCUT2D eigenvalue weighted by atomic mass is 19.1. The highest BCUT2D eigenvalue weighted by molar-refractivity contribution is 5.81. The Morgan fingerprint density at radius 2 is 1.78 bits per heavy atom. The van der Waals surface area contributed by atoms with Gasteiger partial charge in [-0.25, -0.2) is 4.39 Å². The molecule has 27 heavy (non-hydrogen) atoms. The van der Waals surface area contributed by atoms with Gasteiger partial charge in [0, 0.05) is 0 Å². The van der Waals surface area contributed by atoms with Crippen molar-refractivity contribution >= 4 is 11.9 Å². The van der Waals surface area contributed by atoms with Gasteiger partial charge < -0.3 is 10.1 Å². The van der Waals surface area contributed by atoms with E-state index in [1.165, 1.54) is 48.2 Å². The normalized spacial score (nSPS) is 14.1. The van der Waals surface area contributed by atoms with Crippen LogP contribution in [-0.2, 0) is 33.6 Å². The second kappa shape index (κ2) is 8.80. The molecular weight excluding hydrogens is 345 g/mol. The SMILES string of the molecule is C[C@H](NC(=O)COC(=O)Cc1ccc(F)cc1)c1ccc2c(c1)CCCC2. The van der Waals surface area contributed by atoms with Crippen molar-refractivity contribution < 1.29 is 18.7 Å². The summed E-state index contributed by atoms with van der Waals surface area (Å²) in [6.07, 6.45) is 4.67. The second-order valence-corrected chi connectivity index (χ2v) is 6.99. The number of ether oxygens (including phenoxy) is 1. The number of rotatable bonds is 6. The number of carbonyl (C=O) groups excluding carboxylic acids is 2. The second-order valence-electron chi connectivity index (χ2n) is 6.99. The molecule has 142 valence electrons. The molecule has 0 aromatic heterocycles. The molecule has 5 heteroatoms. The summed E-state index contributed by atoms with van der Waals surface area (Å²) in [5.74, 6) is -1.21. The quantitative estimate of drug-likeness (QED) is 0.791. The molecule has 0 saturated carbocycles. The maximum Gasteiger partial charge on any atom is 0.310 e. The van der Waals surface area contributed by atoms with Crippen molar-refractivity contribution in [3.8, 4) is 0 Å². The summed E-state index contributed by atoms with van der Waals surface area (Å²) in [6, 6.07) is 11.8. The van der Waals surface area contributed by atoms with E-state index in [1.54, 1.807) is 0 Å². The van der Waals surface area contributed by atoms with E-state index in [9.17, 15) is 14.0 Å². The highest BCUT2D eigenvalue weighted by Gasteiger charge is 2.15. The first kappa shape index (κ1) is 19.1. The van der Waals surface area contributed by atoms with Gasteiger partial charge in [-0.2, -0.15) is 0 Å². The number of benzene rings is 2. The largest absolute Gasteiger partial charge is 0.455 e. The summed E-state index contributed by atoms with van der Waals surface area (Å²) in [6.45, 7) is 1.60. The van der Waals surface area contributed by atoms with Crippen LogP contribution in [0.3, 0.4) is 0 Å². The summed E-state index contributed by atoms with van der Waals surface area (Å²) in [7, 11) is 0. The predicted octanol–water partition coefficient (Wildman–Crippen LogP) is 3.67. The number of fused-ring (bicyclic) bond motifs is 1. The zero-order valence-electron chi connectivity index (χ0n) is 15.5. The number of aryl methyl sites for hydroxylation is 2. The number of nitrogens with one attached hydrogen (secondary N) is 1. The van der Waals surface area contributed by atoms with Crippen LogP contribution in [0, 0.1) is 5.82 Å². The monoisotopic (exact) mass is 369 g/mol. The molecule has 0 saturated heterocycles. The molecule has 0 bridgehead atoms. The lowest BCUT2D eigenvalue weighted by atomic mass is 9.89. The Balaban J connectivity index is 1.47. The molecule has 0 radical (unpaired) electrons. The molecule has 0 spiro atoms. The van der Waals surface area contributed by atoms with Crippen molar-refractivity contribution in [1.29, 1.82) is 0 Å². The van der Waals surface area contributed by atoms with Crippen LogP contribution < -0.4 is 5.32 Å². The van der Waals surface area contributed by atoms with E-state index >= 15 is 0 Å². The lowest BCUT2D eigenvalue weighted by molar-refractivity contribution is -0.148. The van der Waals surface area contributed by atoms with E-state index in [4.69, 9.17) is 4.74 Å². The smallest absolute Gasteiger partial charge is 0.310 e. The third kappa shape index (κ3) is 5.39. The third-order valence-electron chi connectivity index (χ3n) is 4.88. The van der Waals surface area contributed by atoms with Gasteiger partial charge in [0.05, 0.1) is 12.5 Å². The van der Waals surface area contributed by atoms with Crippen LogP contribution in [0.15, 0.2) is 42.5 Å². The minimum absolute atomic E-state index is 0.00787. The van der Waals surface area contributed by atoms with E-state index in [1.807, 2.05) is 6.92 Å². The molecule has 1 aliphatic rings. The predicted molar refractivity (Wildman–Crippen MR) is 101 cm³/mol. The Morgan fingerprint density at radius 3 is 2.52 bits per heavy atom. The summed E-state index contributed by atoms with van der Waals surface area (Å²) in [4.78, 5) is 23.9. The molecule has 3 rings (SSSR count). The van der Waals surface area contributed by atoms with Gasteiger partial charge in [-0.3, -0.25) is 9.59 Å². The maximum atomic E-state index is 12.9. The molecular formula is C22H24FNO3. The fourth-order valence-corrected chi connectivity index (χ4v) is 3.36. The summed E-state index contributed by atoms with van der Waals surface area (Å²) < 4.78 is 17.9. The van der Waals surface area contributed by atoms with E-state index in [0.717, 1.165) is 18.4 Å². The zero-order valence-corrected chi connectivity index (χ0v) is 15.5. The van der Waals surface area contributed by atoms with Gasteiger partial charge in [-0.15, -0.1) is 0 Å². The number of carbonyl (C=O) groups is 2. The van der Waals surface area contributed by atoms with Crippen LogP contribution in [0.2, 0.25) is 0 Å². The molecule has 0 fully saturated rings. The van der Waals surface area contributed by atoms with Gasteiger partial charge in [0.2, 0.25) is 0 Å². The first-order valence-corrected chi connectivity index (χ1v) is 9.32. The number of esters is 1.